The molecule has 1 aromatic heterocycles. The first kappa shape index (κ1) is 18.0. The van der Waals surface area contributed by atoms with Crippen molar-refractivity contribution < 1.29 is 33.6 Å². The molecule has 28 heavy (non-hydrogen) atoms. The van der Waals surface area contributed by atoms with E-state index in [4.69, 9.17) is 23.4 Å². The molecule has 0 aliphatic carbocycles. The number of aliphatic hydroxyl groups is 1. The number of ether oxygens (including phenoxy) is 4. The average Bonchev–Trinajstić information content (AvgIpc) is 2.72. The van der Waals surface area contributed by atoms with Crippen molar-refractivity contribution in [2.45, 2.75) is 12.2 Å². The van der Waals surface area contributed by atoms with Gasteiger partial charge in [0.15, 0.2) is 35.0 Å². The predicted molar refractivity (Wildman–Crippen MR) is 98.6 cm³/mol. The Labute approximate surface area is 159 Å². The fourth-order valence-electron chi connectivity index (χ4n) is 3.21. The van der Waals surface area contributed by atoms with Gasteiger partial charge in [0.1, 0.15) is 0 Å². The smallest absolute Gasteiger partial charge is 0.336 e. The van der Waals surface area contributed by atoms with Gasteiger partial charge in [-0.2, -0.15) is 0 Å². The van der Waals surface area contributed by atoms with E-state index >= 15 is 0 Å². The first-order valence-electron chi connectivity index (χ1n) is 8.51. The molecule has 146 valence electrons. The summed E-state index contributed by atoms with van der Waals surface area (Å²) >= 11 is 0. The Bertz CT molecular complexity index is 1090. The van der Waals surface area contributed by atoms with Crippen LogP contribution in [0.25, 0.3) is 11.0 Å². The molecular weight excluding hydrogens is 368 g/mol. The Kier molecular flexibility index (Phi) is 4.48. The molecule has 0 spiro atoms. The molecule has 8 heteroatoms. The van der Waals surface area contributed by atoms with Gasteiger partial charge in [0.2, 0.25) is 11.5 Å². The van der Waals surface area contributed by atoms with Gasteiger partial charge < -0.3 is 33.6 Å². The van der Waals surface area contributed by atoms with Crippen molar-refractivity contribution in [1.29, 1.82) is 0 Å². The fraction of sp³-hybridized carbons (Fsp3) is 0.250. The number of benzene rings is 2. The Balaban J connectivity index is 1.87. The molecule has 0 saturated heterocycles. The van der Waals surface area contributed by atoms with E-state index in [0.717, 1.165) is 0 Å². The molecule has 2 heterocycles. The van der Waals surface area contributed by atoms with Crippen LogP contribution in [-0.4, -0.2) is 37.1 Å². The summed E-state index contributed by atoms with van der Waals surface area (Å²) in [6.45, 7) is -0.358. The van der Waals surface area contributed by atoms with Crippen molar-refractivity contribution >= 4 is 11.0 Å². The van der Waals surface area contributed by atoms with Crippen molar-refractivity contribution in [2.75, 3.05) is 20.8 Å². The van der Waals surface area contributed by atoms with Gasteiger partial charge in [-0.25, -0.2) is 4.79 Å². The van der Waals surface area contributed by atoms with E-state index in [1.807, 2.05) is 0 Å². The Morgan fingerprint density at radius 3 is 2.50 bits per heavy atom. The van der Waals surface area contributed by atoms with E-state index in [2.05, 4.69) is 0 Å². The molecule has 0 amide bonds. The largest absolute Gasteiger partial charge is 0.504 e. The van der Waals surface area contributed by atoms with Gasteiger partial charge in [0.05, 0.1) is 20.8 Å². The monoisotopic (exact) mass is 386 g/mol. The summed E-state index contributed by atoms with van der Waals surface area (Å²) in [5, 5.41) is 20.3. The molecule has 2 unspecified atom stereocenters. The van der Waals surface area contributed by atoms with E-state index in [-0.39, 0.29) is 35.2 Å². The van der Waals surface area contributed by atoms with Gasteiger partial charge in [-0.15, -0.1) is 0 Å². The number of aliphatic hydroxyl groups excluding tert-OH is 1. The highest BCUT2D eigenvalue weighted by molar-refractivity contribution is 5.88. The van der Waals surface area contributed by atoms with Crippen molar-refractivity contribution in [3.05, 3.63) is 52.4 Å². The van der Waals surface area contributed by atoms with Crippen molar-refractivity contribution in [1.82, 2.24) is 0 Å². The number of hydrogen-bond donors (Lipinski definition) is 2. The van der Waals surface area contributed by atoms with Crippen LogP contribution < -0.4 is 24.6 Å². The number of phenols is 1. The molecule has 2 atom stereocenters. The minimum atomic E-state index is -0.789. The molecule has 4 rings (SSSR count). The number of phenolic OH excluding ortho intramolecular Hbond substituents is 1. The molecule has 0 bridgehead atoms. The minimum Gasteiger partial charge on any atom is -0.504 e. The second-order valence-electron chi connectivity index (χ2n) is 6.22. The summed E-state index contributed by atoms with van der Waals surface area (Å²) in [5.41, 5.74) is 0.300. The van der Waals surface area contributed by atoms with E-state index in [9.17, 15) is 15.0 Å². The lowest BCUT2D eigenvalue weighted by molar-refractivity contribution is -0.0135. The van der Waals surface area contributed by atoms with E-state index in [1.165, 1.54) is 26.4 Å². The maximum Gasteiger partial charge on any atom is 0.336 e. The summed E-state index contributed by atoms with van der Waals surface area (Å²) in [6, 6.07) is 9.29. The van der Waals surface area contributed by atoms with Crippen molar-refractivity contribution in [3.8, 4) is 28.7 Å². The fourth-order valence-corrected chi connectivity index (χ4v) is 3.21. The number of rotatable bonds is 4. The van der Waals surface area contributed by atoms with Gasteiger partial charge in [-0.05, 0) is 24.3 Å². The average molecular weight is 386 g/mol. The van der Waals surface area contributed by atoms with Gasteiger partial charge in [-0.1, -0.05) is 6.07 Å². The highest BCUT2D eigenvalue weighted by Crippen LogP contribution is 2.49. The van der Waals surface area contributed by atoms with Crippen LogP contribution in [0.2, 0.25) is 0 Å². The number of hydrogen-bond acceptors (Lipinski definition) is 8. The summed E-state index contributed by atoms with van der Waals surface area (Å²) in [6.07, 6.45) is -1.50. The van der Waals surface area contributed by atoms with Gasteiger partial charge >= 0.3 is 5.63 Å². The zero-order chi connectivity index (χ0) is 19.8. The number of aromatic hydroxyl groups is 1. The van der Waals surface area contributed by atoms with Crippen LogP contribution in [0.4, 0.5) is 0 Å². The van der Waals surface area contributed by atoms with Crippen LogP contribution in [0.15, 0.2) is 45.6 Å². The number of methoxy groups -OCH3 is 2. The topological polar surface area (TPSA) is 108 Å². The molecule has 0 fully saturated rings. The third-order valence-electron chi connectivity index (χ3n) is 4.57. The third-order valence-corrected chi connectivity index (χ3v) is 4.57. The Morgan fingerprint density at radius 1 is 1.00 bits per heavy atom. The summed E-state index contributed by atoms with van der Waals surface area (Å²) in [7, 11) is 2.92. The maximum absolute atomic E-state index is 11.7. The molecule has 8 nitrogen and oxygen atoms in total. The first-order chi connectivity index (χ1) is 13.5. The quantitative estimate of drug-likeness (QED) is 0.658. The van der Waals surface area contributed by atoms with Crippen molar-refractivity contribution in [2.24, 2.45) is 0 Å². The predicted octanol–water partition coefficient (Wildman–Crippen LogP) is 2.39. The lowest BCUT2D eigenvalue weighted by Gasteiger charge is -2.34. The summed E-state index contributed by atoms with van der Waals surface area (Å²) in [5.74, 6) is 1.08. The van der Waals surface area contributed by atoms with Crippen LogP contribution in [0.1, 0.15) is 11.7 Å². The third kappa shape index (κ3) is 2.87. The molecule has 2 N–H and O–H groups in total. The minimum absolute atomic E-state index is 0.0192. The second kappa shape index (κ2) is 6.97. The second-order valence-corrected chi connectivity index (χ2v) is 6.22. The van der Waals surface area contributed by atoms with Crippen LogP contribution in [0.3, 0.4) is 0 Å². The standard InChI is InChI=1S/C20H18O8/c1-24-13-7-10(3-5-12(13)22)17-15(9-21)26-20-18-11(4-6-16(23)27-18)8-14(25-2)19(20)28-17/h3-8,15,17,21-22H,9H2,1-2H3. The van der Waals surface area contributed by atoms with E-state index < -0.39 is 17.8 Å². The summed E-state index contributed by atoms with van der Waals surface area (Å²) < 4.78 is 28.0. The zero-order valence-electron chi connectivity index (χ0n) is 15.2. The zero-order valence-corrected chi connectivity index (χ0v) is 15.2. The molecule has 1 aliphatic rings. The normalized spacial score (nSPS) is 18.1. The van der Waals surface area contributed by atoms with Crippen LogP contribution in [0, 0.1) is 0 Å². The molecule has 1 aliphatic heterocycles. The molecule has 3 aromatic rings. The lowest BCUT2D eigenvalue weighted by Crippen LogP contribution is -2.36. The van der Waals surface area contributed by atoms with Crippen molar-refractivity contribution in [3.63, 3.8) is 0 Å². The Morgan fingerprint density at radius 2 is 1.79 bits per heavy atom. The van der Waals surface area contributed by atoms with Crippen LogP contribution in [-0.2, 0) is 0 Å². The maximum atomic E-state index is 11.7. The van der Waals surface area contributed by atoms with E-state index in [1.54, 1.807) is 24.3 Å². The number of fused-ring (bicyclic) bond motifs is 3. The van der Waals surface area contributed by atoms with E-state index in [0.29, 0.717) is 16.7 Å². The molecule has 0 radical (unpaired) electrons. The highest BCUT2D eigenvalue weighted by Gasteiger charge is 2.37. The summed E-state index contributed by atoms with van der Waals surface area (Å²) in [4.78, 5) is 11.7. The highest BCUT2D eigenvalue weighted by atomic mass is 16.6. The van der Waals surface area contributed by atoms with Gasteiger partial charge in [0.25, 0.3) is 0 Å². The lowest BCUT2D eigenvalue weighted by atomic mass is 10.0. The SMILES string of the molecule is COc1cc(C2Oc3c(OC)cc4ccc(=O)oc4c3OC2CO)ccc1O. The van der Waals surface area contributed by atoms with Crippen LogP contribution >= 0.6 is 0 Å². The first-order valence-corrected chi connectivity index (χ1v) is 8.51. The van der Waals surface area contributed by atoms with Crippen LogP contribution in [0.5, 0.6) is 28.7 Å². The molecular formula is C20H18O8. The van der Waals surface area contributed by atoms with Gasteiger partial charge in [-0.3, -0.25) is 0 Å². The Hall–Kier alpha value is -3.39. The molecule has 2 aromatic carbocycles. The molecule has 0 saturated carbocycles. The van der Waals surface area contributed by atoms with Gasteiger partial charge in [0, 0.05) is 17.0 Å².